The molecule has 9 heteroatoms. The minimum Gasteiger partial charge on any atom is -0.378 e. The maximum Gasteiger partial charge on any atom is 0.220 e. The van der Waals surface area contributed by atoms with E-state index in [1.807, 2.05) is 12.3 Å². The smallest absolute Gasteiger partial charge is 0.220 e. The Kier molecular flexibility index (Phi) is 11.6. The van der Waals surface area contributed by atoms with E-state index in [0.29, 0.717) is 59.0 Å². The van der Waals surface area contributed by atoms with Crippen molar-refractivity contribution in [1.82, 2.24) is 25.2 Å². The number of carbonyl (C=O) groups excluding carboxylic acids is 1. The fourth-order valence-electron chi connectivity index (χ4n) is 5.83. The standard InChI is InChI=1S/C38H43N5O4/c44-38(12-10-29-9-11-33-34-27-39-15-13-35(34)42-36(33)25-29)41-17-20-46-22-24-47-23-21-45-19-16-40-26-31-7-4-8-37-32(31)14-18-43(37)28-30-5-2-1-3-6-30/h1-9,11,13-15,18,25,27,40,42H,10,12,16-17,19-24,26,28H2,(H,41,44). The Morgan fingerprint density at radius 1 is 0.745 bits per heavy atom. The average molecular weight is 634 g/mol. The van der Waals surface area contributed by atoms with Crippen molar-refractivity contribution in [1.29, 1.82) is 0 Å². The second-order valence-electron chi connectivity index (χ2n) is 11.6. The molecule has 0 saturated heterocycles. The number of H-pyrrole nitrogens is 1. The SMILES string of the molecule is O=C(CCc1ccc2c(c1)[nH]c1ccncc12)NCCOCCOCCOCCNCc1cccc2c1ccn2Cc1ccccc1. The summed E-state index contributed by atoms with van der Waals surface area (Å²) in [5.74, 6) is 0.0208. The van der Waals surface area contributed by atoms with Crippen LogP contribution in [0.25, 0.3) is 32.7 Å². The second-order valence-corrected chi connectivity index (χ2v) is 11.6. The van der Waals surface area contributed by atoms with Crippen molar-refractivity contribution in [2.45, 2.75) is 25.9 Å². The Balaban J connectivity index is 0.756. The van der Waals surface area contributed by atoms with Crippen LogP contribution in [0.5, 0.6) is 0 Å². The second kappa shape index (κ2) is 16.9. The molecule has 0 saturated carbocycles. The third-order valence-electron chi connectivity index (χ3n) is 8.26. The molecule has 6 rings (SSSR count). The Hall–Kier alpha value is -4.54. The minimum atomic E-state index is 0.0208. The van der Waals surface area contributed by atoms with E-state index in [-0.39, 0.29) is 5.91 Å². The van der Waals surface area contributed by atoms with Crippen LogP contribution < -0.4 is 10.6 Å². The van der Waals surface area contributed by atoms with Crippen LogP contribution in [0.2, 0.25) is 0 Å². The molecule has 0 aliphatic carbocycles. The molecule has 0 fully saturated rings. The van der Waals surface area contributed by atoms with E-state index in [2.05, 4.69) is 104 Å². The van der Waals surface area contributed by atoms with Crippen LogP contribution in [0.3, 0.4) is 0 Å². The summed E-state index contributed by atoms with van der Waals surface area (Å²) in [6.45, 7) is 6.04. The molecule has 0 radical (unpaired) electrons. The number of aromatic amines is 1. The average Bonchev–Trinajstić information content (AvgIpc) is 3.69. The fourth-order valence-corrected chi connectivity index (χ4v) is 5.83. The maximum atomic E-state index is 12.3. The van der Waals surface area contributed by atoms with Gasteiger partial charge in [-0.15, -0.1) is 0 Å². The Morgan fingerprint density at radius 3 is 2.40 bits per heavy atom. The van der Waals surface area contributed by atoms with Gasteiger partial charge in [0, 0.05) is 83.9 Å². The zero-order valence-electron chi connectivity index (χ0n) is 26.8. The first-order valence-electron chi connectivity index (χ1n) is 16.4. The molecule has 47 heavy (non-hydrogen) atoms. The number of nitrogens with one attached hydrogen (secondary N) is 3. The number of nitrogens with zero attached hydrogens (tertiary/aromatic N) is 2. The van der Waals surface area contributed by atoms with Crippen molar-refractivity contribution < 1.29 is 19.0 Å². The molecule has 3 aromatic carbocycles. The van der Waals surface area contributed by atoms with Gasteiger partial charge in [0.2, 0.25) is 5.91 Å². The van der Waals surface area contributed by atoms with Gasteiger partial charge in [-0.2, -0.15) is 0 Å². The molecule has 0 aliphatic rings. The van der Waals surface area contributed by atoms with Gasteiger partial charge in [-0.05, 0) is 47.4 Å². The highest BCUT2D eigenvalue weighted by atomic mass is 16.5. The Labute approximate surface area is 275 Å². The van der Waals surface area contributed by atoms with Gasteiger partial charge < -0.3 is 34.4 Å². The van der Waals surface area contributed by atoms with Crippen molar-refractivity contribution >= 4 is 38.6 Å². The number of fused-ring (bicyclic) bond motifs is 4. The number of amides is 1. The monoisotopic (exact) mass is 633 g/mol. The fraction of sp³-hybridized carbons (Fsp3) is 0.316. The zero-order chi connectivity index (χ0) is 32.1. The summed E-state index contributed by atoms with van der Waals surface area (Å²) in [4.78, 5) is 19.9. The molecule has 1 amide bonds. The first-order valence-corrected chi connectivity index (χ1v) is 16.4. The van der Waals surface area contributed by atoms with Gasteiger partial charge in [-0.25, -0.2) is 0 Å². The molecule has 244 valence electrons. The summed E-state index contributed by atoms with van der Waals surface area (Å²) in [5.41, 5.74) is 7.09. The van der Waals surface area contributed by atoms with Gasteiger partial charge in [-0.1, -0.05) is 54.6 Å². The van der Waals surface area contributed by atoms with Gasteiger partial charge in [0.15, 0.2) is 0 Å². The molecule has 3 aromatic heterocycles. The number of aryl methyl sites for hydroxylation is 1. The number of ether oxygens (including phenoxy) is 3. The lowest BCUT2D eigenvalue weighted by Gasteiger charge is -2.10. The summed E-state index contributed by atoms with van der Waals surface area (Å²) in [6, 6.07) is 27.5. The van der Waals surface area contributed by atoms with Gasteiger partial charge in [-0.3, -0.25) is 9.78 Å². The highest BCUT2D eigenvalue weighted by molar-refractivity contribution is 6.06. The molecule has 9 nitrogen and oxygen atoms in total. The number of hydrogen-bond acceptors (Lipinski definition) is 6. The highest BCUT2D eigenvalue weighted by Gasteiger charge is 2.08. The normalized spacial score (nSPS) is 11.6. The van der Waals surface area contributed by atoms with E-state index >= 15 is 0 Å². The van der Waals surface area contributed by atoms with Crippen LogP contribution in [-0.2, 0) is 38.5 Å². The van der Waals surface area contributed by atoms with Crippen molar-refractivity contribution in [3.8, 4) is 0 Å². The summed E-state index contributed by atoms with van der Waals surface area (Å²) in [5, 5.41) is 9.96. The van der Waals surface area contributed by atoms with Gasteiger partial charge >= 0.3 is 0 Å². The first-order chi connectivity index (χ1) is 23.2. The molecule has 0 atom stereocenters. The zero-order valence-corrected chi connectivity index (χ0v) is 26.8. The van der Waals surface area contributed by atoms with Gasteiger partial charge in [0.1, 0.15) is 0 Å². The van der Waals surface area contributed by atoms with Crippen molar-refractivity contribution in [2.24, 2.45) is 0 Å². The largest absolute Gasteiger partial charge is 0.378 e. The topological polar surface area (TPSA) is 102 Å². The van der Waals surface area contributed by atoms with Crippen LogP contribution in [0.4, 0.5) is 0 Å². The van der Waals surface area contributed by atoms with E-state index in [0.717, 1.165) is 47.0 Å². The molecule has 6 aromatic rings. The number of pyridine rings is 1. The quantitative estimate of drug-likeness (QED) is 0.100. The molecular formula is C38H43N5O4. The molecule has 3 heterocycles. The number of carbonyl (C=O) groups is 1. The van der Waals surface area contributed by atoms with Crippen LogP contribution in [-0.4, -0.2) is 73.2 Å². The molecule has 3 N–H and O–H groups in total. The summed E-state index contributed by atoms with van der Waals surface area (Å²) in [6.07, 6.45) is 6.95. The van der Waals surface area contributed by atoms with E-state index in [4.69, 9.17) is 14.2 Å². The van der Waals surface area contributed by atoms with Crippen molar-refractivity contribution in [3.63, 3.8) is 0 Å². The number of hydrogen-bond donors (Lipinski definition) is 3. The van der Waals surface area contributed by atoms with E-state index in [1.165, 1.54) is 22.0 Å². The van der Waals surface area contributed by atoms with E-state index in [9.17, 15) is 4.79 Å². The molecule has 0 spiro atoms. The lowest BCUT2D eigenvalue weighted by molar-refractivity contribution is -0.121. The summed E-state index contributed by atoms with van der Waals surface area (Å²) in [7, 11) is 0. The lowest BCUT2D eigenvalue weighted by atomic mass is 10.1. The summed E-state index contributed by atoms with van der Waals surface area (Å²) >= 11 is 0. The Bertz CT molecular complexity index is 1870. The number of aromatic nitrogens is 3. The van der Waals surface area contributed by atoms with Crippen LogP contribution in [0, 0.1) is 0 Å². The first kappa shape index (κ1) is 32.4. The van der Waals surface area contributed by atoms with Crippen LogP contribution in [0.1, 0.15) is 23.1 Å². The van der Waals surface area contributed by atoms with Crippen LogP contribution in [0.15, 0.2) is 97.5 Å². The molecule has 0 unspecified atom stereocenters. The predicted octanol–water partition coefficient (Wildman–Crippen LogP) is 5.61. The van der Waals surface area contributed by atoms with Gasteiger partial charge in [0.05, 0.1) is 39.6 Å². The molecule has 0 bridgehead atoms. The molecule has 0 aliphatic heterocycles. The Morgan fingerprint density at radius 2 is 1.55 bits per heavy atom. The molecular weight excluding hydrogens is 590 g/mol. The maximum absolute atomic E-state index is 12.3. The van der Waals surface area contributed by atoms with Crippen molar-refractivity contribution in [3.05, 3.63) is 114 Å². The third kappa shape index (κ3) is 9.05. The summed E-state index contributed by atoms with van der Waals surface area (Å²) < 4.78 is 19.2. The van der Waals surface area contributed by atoms with Crippen LogP contribution >= 0.6 is 0 Å². The van der Waals surface area contributed by atoms with E-state index < -0.39 is 0 Å². The third-order valence-corrected chi connectivity index (χ3v) is 8.26. The highest BCUT2D eigenvalue weighted by Crippen LogP contribution is 2.25. The van der Waals surface area contributed by atoms with Gasteiger partial charge in [0.25, 0.3) is 0 Å². The predicted molar refractivity (Wildman–Crippen MR) is 187 cm³/mol. The van der Waals surface area contributed by atoms with E-state index in [1.54, 1.807) is 6.20 Å². The number of benzene rings is 3. The number of rotatable bonds is 19. The lowest BCUT2D eigenvalue weighted by Crippen LogP contribution is -2.27. The van der Waals surface area contributed by atoms with Crippen molar-refractivity contribution in [2.75, 3.05) is 52.7 Å². The minimum absolute atomic E-state index is 0.0208.